The summed E-state index contributed by atoms with van der Waals surface area (Å²) in [7, 11) is 0. The molecule has 1 rings (SSSR count). The van der Waals surface area contributed by atoms with Crippen molar-refractivity contribution in [1.29, 1.82) is 0 Å². The SMILES string of the molecule is CCC(=O)C(=O)Nc1ccc(Cl)c(F)c1. The van der Waals surface area contributed by atoms with Crippen LogP contribution in [0.15, 0.2) is 18.2 Å². The summed E-state index contributed by atoms with van der Waals surface area (Å²) < 4.78 is 12.9. The molecule has 0 aliphatic rings. The summed E-state index contributed by atoms with van der Waals surface area (Å²) in [4.78, 5) is 22.1. The third-order valence-electron chi connectivity index (χ3n) is 1.75. The summed E-state index contributed by atoms with van der Waals surface area (Å²) in [5, 5.41) is 2.24. The maximum absolute atomic E-state index is 12.9. The molecule has 0 aromatic heterocycles. The van der Waals surface area contributed by atoms with Crippen molar-refractivity contribution in [3.05, 3.63) is 29.0 Å². The van der Waals surface area contributed by atoms with E-state index in [0.29, 0.717) is 0 Å². The molecule has 1 amide bonds. The van der Waals surface area contributed by atoms with Crippen LogP contribution in [-0.4, -0.2) is 11.7 Å². The number of Topliss-reactive ketones (excluding diaryl/α,β-unsaturated/α-hetero) is 1. The Kier molecular flexibility index (Phi) is 3.80. The van der Waals surface area contributed by atoms with Crippen molar-refractivity contribution >= 4 is 29.0 Å². The van der Waals surface area contributed by atoms with Crippen LogP contribution < -0.4 is 5.32 Å². The number of nitrogens with one attached hydrogen (secondary N) is 1. The van der Waals surface area contributed by atoms with Gasteiger partial charge in [0.25, 0.3) is 5.91 Å². The van der Waals surface area contributed by atoms with Crippen LogP contribution in [0.2, 0.25) is 5.02 Å². The minimum Gasteiger partial charge on any atom is -0.319 e. The fourth-order valence-electron chi connectivity index (χ4n) is 0.935. The van der Waals surface area contributed by atoms with Gasteiger partial charge in [0.2, 0.25) is 5.78 Å². The Balaban J connectivity index is 2.77. The first-order chi connectivity index (χ1) is 7.04. The van der Waals surface area contributed by atoms with Crippen molar-refractivity contribution in [2.75, 3.05) is 5.32 Å². The van der Waals surface area contributed by atoms with Crippen LogP contribution in [0.4, 0.5) is 10.1 Å². The smallest absolute Gasteiger partial charge is 0.291 e. The van der Waals surface area contributed by atoms with E-state index in [9.17, 15) is 14.0 Å². The summed E-state index contributed by atoms with van der Waals surface area (Å²) in [5.74, 6) is -1.94. The fourth-order valence-corrected chi connectivity index (χ4v) is 1.05. The number of amides is 1. The van der Waals surface area contributed by atoms with E-state index in [0.717, 1.165) is 6.07 Å². The van der Waals surface area contributed by atoms with Crippen LogP contribution in [-0.2, 0) is 9.59 Å². The van der Waals surface area contributed by atoms with Crippen LogP contribution in [0, 0.1) is 5.82 Å². The van der Waals surface area contributed by atoms with Gasteiger partial charge < -0.3 is 5.32 Å². The number of benzene rings is 1. The van der Waals surface area contributed by atoms with E-state index in [1.54, 1.807) is 6.92 Å². The molecule has 0 aliphatic carbocycles. The molecule has 0 atom stereocenters. The van der Waals surface area contributed by atoms with Gasteiger partial charge in [0, 0.05) is 12.1 Å². The Labute approximate surface area is 91.2 Å². The van der Waals surface area contributed by atoms with Crippen LogP contribution >= 0.6 is 11.6 Å². The van der Waals surface area contributed by atoms with Gasteiger partial charge in [-0.25, -0.2) is 4.39 Å². The first-order valence-corrected chi connectivity index (χ1v) is 4.71. The number of halogens is 2. The minimum absolute atomic E-state index is 0.0326. The molecular weight excluding hydrogens is 221 g/mol. The average Bonchev–Trinajstić information content (AvgIpc) is 2.22. The average molecular weight is 230 g/mol. The lowest BCUT2D eigenvalue weighted by atomic mass is 10.2. The van der Waals surface area contributed by atoms with Crippen LogP contribution in [0.3, 0.4) is 0 Å². The van der Waals surface area contributed by atoms with Gasteiger partial charge in [-0.1, -0.05) is 18.5 Å². The number of hydrogen-bond donors (Lipinski definition) is 1. The summed E-state index contributed by atoms with van der Waals surface area (Å²) in [6.07, 6.45) is 0.113. The van der Waals surface area contributed by atoms with E-state index in [1.165, 1.54) is 12.1 Å². The lowest BCUT2D eigenvalue weighted by molar-refractivity contribution is -0.134. The highest BCUT2D eigenvalue weighted by atomic mass is 35.5. The summed E-state index contributed by atoms with van der Waals surface area (Å²) in [6, 6.07) is 3.79. The van der Waals surface area contributed by atoms with E-state index in [2.05, 4.69) is 5.32 Å². The topological polar surface area (TPSA) is 46.2 Å². The van der Waals surface area contributed by atoms with Crippen molar-refractivity contribution in [3.63, 3.8) is 0 Å². The minimum atomic E-state index is -0.751. The molecule has 0 saturated carbocycles. The predicted molar refractivity (Wildman–Crippen MR) is 55.3 cm³/mol. The van der Waals surface area contributed by atoms with Crippen molar-refractivity contribution in [2.24, 2.45) is 0 Å². The van der Waals surface area contributed by atoms with Gasteiger partial charge in [0.05, 0.1) is 5.02 Å². The highest BCUT2D eigenvalue weighted by Crippen LogP contribution is 2.18. The molecule has 3 nitrogen and oxygen atoms in total. The Hall–Kier alpha value is -1.42. The molecule has 0 saturated heterocycles. The molecule has 15 heavy (non-hydrogen) atoms. The molecule has 80 valence electrons. The number of ketones is 1. The number of anilines is 1. The molecule has 0 radical (unpaired) electrons. The third-order valence-corrected chi connectivity index (χ3v) is 2.06. The van der Waals surface area contributed by atoms with Gasteiger partial charge in [-0.05, 0) is 18.2 Å². The first kappa shape index (κ1) is 11.7. The normalized spacial score (nSPS) is 9.80. The van der Waals surface area contributed by atoms with Gasteiger partial charge >= 0.3 is 0 Å². The lowest BCUT2D eigenvalue weighted by Gasteiger charge is -2.03. The maximum Gasteiger partial charge on any atom is 0.291 e. The molecule has 1 N–H and O–H groups in total. The molecular formula is C10H9ClFNO2. The summed E-state index contributed by atoms with van der Waals surface area (Å²) in [5.41, 5.74) is 0.212. The molecule has 1 aromatic rings. The second kappa shape index (κ2) is 4.89. The molecule has 0 spiro atoms. The largest absolute Gasteiger partial charge is 0.319 e. The van der Waals surface area contributed by atoms with Gasteiger partial charge in [0.1, 0.15) is 5.82 Å². The fraction of sp³-hybridized carbons (Fsp3) is 0.200. The molecule has 0 fully saturated rings. The number of rotatable bonds is 3. The Morgan fingerprint density at radius 3 is 2.67 bits per heavy atom. The standard InChI is InChI=1S/C10H9ClFNO2/c1-2-9(14)10(15)13-6-3-4-7(11)8(12)5-6/h3-5H,2H2,1H3,(H,13,15). The summed E-state index contributed by atoms with van der Waals surface area (Å²) >= 11 is 5.45. The maximum atomic E-state index is 12.9. The lowest BCUT2D eigenvalue weighted by Crippen LogP contribution is -2.21. The van der Waals surface area contributed by atoms with Gasteiger partial charge in [-0.15, -0.1) is 0 Å². The van der Waals surface area contributed by atoms with Gasteiger partial charge in [0.15, 0.2) is 0 Å². The Bertz CT molecular complexity index is 406. The van der Waals surface area contributed by atoms with Crippen LogP contribution in [0.25, 0.3) is 0 Å². The van der Waals surface area contributed by atoms with E-state index >= 15 is 0 Å². The number of hydrogen-bond acceptors (Lipinski definition) is 2. The van der Waals surface area contributed by atoms with Crippen molar-refractivity contribution in [1.82, 2.24) is 0 Å². The highest BCUT2D eigenvalue weighted by molar-refractivity contribution is 6.40. The molecule has 0 bridgehead atoms. The van der Waals surface area contributed by atoms with E-state index in [4.69, 9.17) is 11.6 Å². The number of carbonyl (C=O) groups excluding carboxylic acids is 2. The zero-order valence-corrected chi connectivity index (χ0v) is 8.77. The van der Waals surface area contributed by atoms with Crippen LogP contribution in [0.5, 0.6) is 0 Å². The van der Waals surface area contributed by atoms with E-state index in [1.807, 2.05) is 0 Å². The molecule has 0 aliphatic heterocycles. The molecule has 0 heterocycles. The zero-order chi connectivity index (χ0) is 11.4. The van der Waals surface area contributed by atoms with E-state index < -0.39 is 17.5 Å². The number of carbonyl (C=O) groups is 2. The third kappa shape index (κ3) is 3.02. The molecule has 1 aromatic carbocycles. The Morgan fingerprint density at radius 2 is 2.13 bits per heavy atom. The predicted octanol–water partition coefficient (Wildman–Crippen LogP) is 2.40. The van der Waals surface area contributed by atoms with Gasteiger partial charge in [-0.2, -0.15) is 0 Å². The first-order valence-electron chi connectivity index (χ1n) is 4.33. The second-order valence-corrected chi connectivity index (χ2v) is 3.27. The van der Waals surface area contributed by atoms with Crippen molar-refractivity contribution < 1.29 is 14.0 Å². The zero-order valence-electron chi connectivity index (χ0n) is 8.01. The van der Waals surface area contributed by atoms with Crippen molar-refractivity contribution in [2.45, 2.75) is 13.3 Å². The monoisotopic (exact) mass is 229 g/mol. The molecule has 5 heteroatoms. The Morgan fingerprint density at radius 1 is 1.47 bits per heavy atom. The quantitative estimate of drug-likeness (QED) is 0.809. The van der Waals surface area contributed by atoms with Gasteiger partial charge in [-0.3, -0.25) is 9.59 Å². The van der Waals surface area contributed by atoms with Crippen LogP contribution in [0.1, 0.15) is 13.3 Å². The highest BCUT2D eigenvalue weighted by Gasteiger charge is 2.11. The second-order valence-electron chi connectivity index (χ2n) is 2.86. The van der Waals surface area contributed by atoms with E-state index in [-0.39, 0.29) is 17.1 Å². The molecule has 0 unspecified atom stereocenters. The van der Waals surface area contributed by atoms with Crippen molar-refractivity contribution in [3.8, 4) is 0 Å². The summed E-state index contributed by atoms with van der Waals surface area (Å²) in [6.45, 7) is 1.57.